The average molecular weight is 575 g/mol. The van der Waals surface area contributed by atoms with Crippen LogP contribution in [-0.2, 0) is 17.8 Å². The van der Waals surface area contributed by atoms with Crippen LogP contribution in [-0.4, -0.2) is 48.6 Å². The first-order valence-electron chi connectivity index (χ1n) is 11.7. The molecule has 0 saturated carbocycles. The van der Waals surface area contributed by atoms with Crippen molar-refractivity contribution in [2.24, 2.45) is 4.99 Å². The minimum absolute atomic E-state index is 0. The van der Waals surface area contributed by atoms with Crippen molar-refractivity contribution in [2.75, 3.05) is 37.7 Å². The SMILES string of the molecule is CCNC(=NCc1ccc(N2CCOCC2)cc1)NCc1ccccc1-n1nc(C)cc1C.I. The number of aryl methyl sites for hydroxylation is 2. The zero-order valence-electron chi connectivity index (χ0n) is 20.3. The Bertz CT molecular complexity index is 1070. The lowest BCUT2D eigenvalue weighted by Gasteiger charge is -2.28. The standard InChI is InChI=1S/C26H34N6O.HI/c1-4-27-26(28-18-22-9-11-24(12-10-22)31-13-15-33-16-14-31)29-19-23-7-5-6-8-25(23)32-21(3)17-20(2)30-32;/h5-12,17H,4,13-16,18-19H2,1-3H3,(H2,27,28,29);1H. The summed E-state index contributed by atoms with van der Waals surface area (Å²) in [6.07, 6.45) is 0. The third kappa shape index (κ3) is 6.73. The molecule has 0 aliphatic carbocycles. The number of rotatable bonds is 7. The highest BCUT2D eigenvalue weighted by Crippen LogP contribution is 2.18. The molecule has 0 unspecified atom stereocenters. The molecule has 1 saturated heterocycles. The number of aromatic nitrogens is 2. The van der Waals surface area contributed by atoms with Gasteiger partial charge in [-0.05, 0) is 56.2 Å². The zero-order valence-corrected chi connectivity index (χ0v) is 22.6. The van der Waals surface area contributed by atoms with Gasteiger partial charge in [0.2, 0.25) is 0 Å². The Morgan fingerprint density at radius 3 is 2.44 bits per heavy atom. The molecular formula is C26H35IN6O. The van der Waals surface area contributed by atoms with E-state index in [0.717, 1.165) is 55.9 Å². The first-order valence-corrected chi connectivity index (χ1v) is 11.7. The molecule has 1 aliphatic rings. The van der Waals surface area contributed by atoms with Crippen LogP contribution in [0.5, 0.6) is 0 Å². The molecule has 2 aromatic carbocycles. The lowest BCUT2D eigenvalue weighted by molar-refractivity contribution is 0.122. The Labute approximate surface area is 219 Å². The number of nitrogens with zero attached hydrogens (tertiary/aromatic N) is 4. The molecule has 1 aromatic heterocycles. The van der Waals surface area contributed by atoms with Crippen molar-refractivity contribution < 1.29 is 4.74 Å². The summed E-state index contributed by atoms with van der Waals surface area (Å²) in [5, 5.41) is 11.5. The number of guanidine groups is 1. The molecule has 3 aromatic rings. The van der Waals surface area contributed by atoms with E-state index in [9.17, 15) is 0 Å². The van der Waals surface area contributed by atoms with E-state index in [1.54, 1.807) is 0 Å². The highest BCUT2D eigenvalue weighted by Gasteiger charge is 2.11. The summed E-state index contributed by atoms with van der Waals surface area (Å²) in [5.41, 5.74) is 6.84. The number of hydrogen-bond donors (Lipinski definition) is 2. The van der Waals surface area contributed by atoms with Crippen molar-refractivity contribution in [3.63, 3.8) is 0 Å². The molecule has 8 heteroatoms. The summed E-state index contributed by atoms with van der Waals surface area (Å²) < 4.78 is 7.46. The van der Waals surface area contributed by atoms with E-state index in [0.29, 0.717) is 13.1 Å². The third-order valence-corrected chi connectivity index (χ3v) is 5.75. The molecule has 34 heavy (non-hydrogen) atoms. The van der Waals surface area contributed by atoms with E-state index in [4.69, 9.17) is 9.73 Å². The Hall–Kier alpha value is -2.59. The van der Waals surface area contributed by atoms with Gasteiger partial charge in [-0.2, -0.15) is 5.10 Å². The second-order valence-corrected chi connectivity index (χ2v) is 8.28. The van der Waals surface area contributed by atoms with E-state index in [2.05, 4.69) is 89.1 Å². The summed E-state index contributed by atoms with van der Waals surface area (Å²) in [6, 6.07) is 19.1. The maximum absolute atomic E-state index is 5.45. The fraction of sp³-hybridized carbons (Fsp3) is 0.385. The Kier molecular flexibility index (Phi) is 9.76. The van der Waals surface area contributed by atoms with Gasteiger partial charge >= 0.3 is 0 Å². The Balaban J connectivity index is 0.00000324. The number of morpholine rings is 1. The fourth-order valence-corrected chi connectivity index (χ4v) is 4.06. The van der Waals surface area contributed by atoms with Gasteiger partial charge in [-0.3, -0.25) is 0 Å². The molecule has 1 aliphatic heterocycles. The molecule has 0 amide bonds. The van der Waals surface area contributed by atoms with Crippen LogP contribution in [0, 0.1) is 13.8 Å². The van der Waals surface area contributed by atoms with Crippen molar-refractivity contribution >= 4 is 35.6 Å². The molecule has 0 atom stereocenters. The number of ether oxygens (including phenoxy) is 1. The molecule has 182 valence electrons. The van der Waals surface area contributed by atoms with Crippen LogP contribution in [0.3, 0.4) is 0 Å². The van der Waals surface area contributed by atoms with Crippen LogP contribution in [0.2, 0.25) is 0 Å². The van der Waals surface area contributed by atoms with Crippen LogP contribution in [0.1, 0.15) is 29.4 Å². The quantitative estimate of drug-likeness (QED) is 0.252. The smallest absolute Gasteiger partial charge is 0.191 e. The van der Waals surface area contributed by atoms with E-state index in [1.165, 1.54) is 16.8 Å². The molecule has 2 N–H and O–H groups in total. The third-order valence-electron chi connectivity index (χ3n) is 5.75. The average Bonchev–Trinajstić information content (AvgIpc) is 3.19. The van der Waals surface area contributed by atoms with Crippen molar-refractivity contribution in [2.45, 2.75) is 33.9 Å². The summed E-state index contributed by atoms with van der Waals surface area (Å²) in [4.78, 5) is 7.17. The van der Waals surface area contributed by atoms with Crippen molar-refractivity contribution in [1.29, 1.82) is 0 Å². The second kappa shape index (κ2) is 12.8. The van der Waals surface area contributed by atoms with Crippen LogP contribution in [0.25, 0.3) is 5.69 Å². The maximum atomic E-state index is 5.45. The van der Waals surface area contributed by atoms with Crippen LogP contribution in [0.15, 0.2) is 59.6 Å². The highest BCUT2D eigenvalue weighted by atomic mass is 127. The molecule has 0 bridgehead atoms. The highest BCUT2D eigenvalue weighted by molar-refractivity contribution is 14.0. The van der Waals surface area contributed by atoms with E-state index in [-0.39, 0.29) is 24.0 Å². The Morgan fingerprint density at radius 2 is 1.76 bits per heavy atom. The van der Waals surface area contributed by atoms with E-state index >= 15 is 0 Å². The van der Waals surface area contributed by atoms with Gasteiger partial charge in [-0.15, -0.1) is 24.0 Å². The molecule has 1 fully saturated rings. The molecule has 2 heterocycles. The van der Waals surface area contributed by atoms with Gasteiger partial charge in [-0.25, -0.2) is 9.67 Å². The van der Waals surface area contributed by atoms with Crippen molar-refractivity contribution in [3.05, 3.63) is 77.1 Å². The maximum Gasteiger partial charge on any atom is 0.191 e. The van der Waals surface area contributed by atoms with Gasteiger partial charge in [0.1, 0.15) is 0 Å². The normalized spacial score (nSPS) is 14.0. The summed E-state index contributed by atoms with van der Waals surface area (Å²) in [6.45, 7) is 11.8. The molecular weight excluding hydrogens is 539 g/mol. The molecule has 0 radical (unpaired) electrons. The minimum Gasteiger partial charge on any atom is -0.378 e. The first-order chi connectivity index (χ1) is 16.1. The lowest BCUT2D eigenvalue weighted by Crippen LogP contribution is -2.37. The Morgan fingerprint density at radius 1 is 1.03 bits per heavy atom. The predicted molar refractivity (Wildman–Crippen MR) is 150 cm³/mol. The molecule has 7 nitrogen and oxygen atoms in total. The number of halogens is 1. The number of aliphatic imine (C=N–C) groups is 1. The van der Waals surface area contributed by atoms with E-state index in [1.807, 2.05) is 11.6 Å². The van der Waals surface area contributed by atoms with Gasteiger partial charge in [-0.1, -0.05) is 30.3 Å². The van der Waals surface area contributed by atoms with Gasteiger partial charge < -0.3 is 20.3 Å². The summed E-state index contributed by atoms with van der Waals surface area (Å²) in [7, 11) is 0. The summed E-state index contributed by atoms with van der Waals surface area (Å²) in [5.74, 6) is 0.804. The molecule has 4 rings (SSSR count). The monoisotopic (exact) mass is 574 g/mol. The van der Waals surface area contributed by atoms with Crippen LogP contribution in [0.4, 0.5) is 5.69 Å². The predicted octanol–water partition coefficient (Wildman–Crippen LogP) is 4.20. The topological polar surface area (TPSA) is 66.7 Å². The van der Waals surface area contributed by atoms with Gasteiger partial charge in [0.15, 0.2) is 5.96 Å². The van der Waals surface area contributed by atoms with Gasteiger partial charge in [0.05, 0.1) is 31.1 Å². The number of hydrogen-bond acceptors (Lipinski definition) is 4. The van der Waals surface area contributed by atoms with Crippen molar-refractivity contribution in [1.82, 2.24) is 20.4 Å². The van der Waals surface area contributed by atoms with Gasteiger partial charge in [0.25, 0.3) is 0 Å². The van der Waals surface area contributed by atoms with E-state index < -0.39 is 0 Å². The van der Waals surface area contributed by atoms with Crippen molar-refractivity contribution in [3.8, 4) is 5.69 Å². The zero-order chi connectivity index (χ0) is 23.0. The molecule has 0 spiro atoms. The minimum atomic E-state index is 0. The lowest BCUT2D eigenvalue weighted by atomic mass is 10.1. The van der Waals surface area contributed by atoms with Crippen LogP contribution < -0.4 is 15.5 Å². The number of anilines is 1. The van der Waals surface area contributed by atoms with Crippen LogP contribution >= 0.6 is 24.0 Å². The van der Waals surface area contributed by atoms with Gasteiger partial charge in [0, 0.05) is 37.6 Å². The first kappa shape index (κ1) is 26.0. The largest absolute Gasteiger partial charge is 0.378 e. The number of para-hydroxylation sites is 1. The summed E-state index contributed by atoms with van der Waals surface area (Å²) >= 11 is 0. The second-order valence-electron chi connectivity index (χ2n) is 8.28. The fourth-order valence-electron chi connectivity index (χ4n) is 4.06. The number of benzene rings is 2. The number of nitrogens with one attached hydrogen (secondary N) is 2.